The van der Waals surface area contributed by atoms with Gasteiger partial charge in [-0.25, -0.2) is 9.59 Å². The van der Waals surface area contributed by atoms with Crippen molar-refractivity contribution in [2.45, 2.75) is 84.9 Å². The maximum atomic E-state index is 13.0. The molecule has 0 aliphatic carbocycles. The molecule has 0 aromatic rings. The number of carbonyl (C=O) groups excluding carboxylic acids is 3. The van der Waals surface area contributed by atoms with Crippen LogP contribution in [0.3, 0.4) is 0 Å². The Balaban J connectivity index is 6.04. The van der Waals surface area contributed by atoms with Gasteiger partial charge in [0.05, 0.1) is 12.6 Å². The lowest BCUT2D eigenvalue weighted by Gasteiger charge is -2.40. The lowest BCUT2D eigenvalue weighted by Crippen LogP contribution is -2.65. The summed E-state index contributed by atoms with van der Waals surface area (Å²) in [4.78, 5) is 39.8. The van der Waals surface area contributed by atoms with Crippen LogP contribution in [0, 0.1) is 5.92 Å². The Kier molecular flexibility index (Phi) is 9.28. The SMILES string of the molecule is CCC[C@](C(=O)OCC)(C(=O)OC(C)(C)C)N(C)C(=O)[C@@H](N)CC(C)C. The first-order valence-corrected chi connectivity index (χ1v) is 9.27. The van der Waals surface area contributed by atoms with Crippen molar-refractivity contribution >= 4 is 17.8 Å². The molecule has 0 saturated heterocycles. The normalized spacial score (nSPS) is 15.2. The summed E-state index contributed by atoms with van der Waals surface area (Å²) in [6.07, 6.45) is 1.02. The number of amides is 1. The highest BCUT2D eigenvalue weighted by atomic mass is 16.6. The monoisotopic (exact) mass is 372 g/mol. The smallest absolute Gasteiger partial charge is 0.344 e. The summed E-state index contributed by atoms with van der Waals surface area (Å²) in [6.45, 7) is 12.6. The molecule has 0 spiro atoms. The third-order valence-corrected chi connectivity index (χ3v) is 3.91. The summed E-state index contributed by atoms with van der Waals surface area (Å²) in [6, 6.07) is -0.812. The maximum absolute atomic E-state index is 13.0. The van der Waals surface area contributed by atoms with Crippen LogP contribution in [0.2, 0.25) is 0 Å². The highest BCUT2D eigenvalue weighted by molar-refractivity contribution is 6.08. The highest BCUT2D eigenvalue weighted by Gasteiger charge is 2.55. The number of carbonyl (C=O) groups is 3. The minimum Gasteiger partial charge on any atom is -0.464 e. The van der Waals surface area contributed by atoms with Gasteiger partial charge in [0.15, 0.2) is 0 Å². The van der Waals surface area contributed by atoms with Crippen molar-refractivity contribution in [1.29, 1.82) is 0 Å². The van der Waals surface area contributed by atoms with Crippen LogP contribution in [0.5, 0.6) is 0 Å². The van der Waals surface area contributed by atoms with E-state index in [2.05, 4.69) is 0 Å². The Morgan fingerprint density at radius 3 is 2.00 bits per heavy atom. The van der Waals surface area contributed by atoms with Crippen molar-refractivity contribution in [2.24, 2.45) is 11.7 Å². The summed E-state index contributed by atoms with van der Waals surface area (Å²) in [5.74, 6) is -1.86. The van der Waals surface area contributed by atoms with Gasteiger partial charge in [-0.1, -0.05) is 27.2 Å². The zero-order chi connectivity index (χ0) is 20.7. The molecule has 0 radical (unpaired) electrons. The number of nitrogens with zero attached hydrogens (tertiary/aromatic N) is 1. The molecule has 2 N–H and O–H groups in total. The molecule has 1 amide bonds. The summed E-state index contributed by atoms with van der Waals surface area (Å²) >= 11 is 0. The summed E-state index contributed by atoms with van der Waals surface area (Å²) < 4.78 is 10.6. The first kappa shape index (κ1) is 24.4. The predicted molar refractivity (Wildman–Crippen MR) is 100 cm³/mol. The van der Waals surface area contributed by atoms with E-state index in [1.54, 1.807) is 27.7 Å². The number of nitrogens with two attached hydrogens (primary N) is 1. The van der Waals surface area contributed by atoms with Crippen LogP contribution in [0.25, 0.3) is 0 Å². The van der Waals surface area contributed by atoms with Crippen LogP contribution in [0.15, 0.2) is 0 Å². The molecule has 26 heavy (non-hydrogen) atoms. The van der Waals surface area contributed by atoms with Gasteiger partial charge in [0.25, 0.3) is 0 Å². The molecule has 152 valence electrons. The number of likely N-dealkylation sites (N-methyl/N-ethyl adjacent to an activating group) is 1. The van der Waals surface area contributed by atoms with E-state index in [1.165, 1.54) is 7.05 Å². The fourth-order valence-electron chi connectivity index (χ4n) is 2.75. The molecular formula is C19H36N2O5. The largest absolute Gasteiger partial charge is 0.464 e. The van der Waals surface area contributed by atoms with E-state index in [9.17, 15) is 14.4 Å². The molecule has 0 aliphatic heterocycles. The first-order valence-electron chi connectivity index (χ1n) is 9.27. The molecule has 0 rings (SSSR count). The van der Waals surface area contributed by atoms with Gasteiger partial charge in [-0.15, -0.1) is 0 Å². The van der Waals surface area contributed by atoms with Gasteiger partial charge in [0, 0.05) is 7.05 Å². The molecular weight excluding hydrogens is 336 g/mol. The lowest BCUT2D eigenvalue weighted by atomic mass is 9.90. The van der Waals surface area contributed by atoms with Gasteiger partial charge in [0.1, 0.15) is 5.60 Å². The number of esters is 2. The average molecular weight is 373 g/mol. The minimum atomic E-state index is -1.84. The number of ether oxygens (including phenoxy) is 2. The number of hydrogen-bond acceptors (Lipinski definition) is 6. The van der Waals surface area contributed by atoms with Gasteiger partial charge < -0.3 is 20.1 Å². The van der Waals surface area contributed by atoms with Crippen molar-refractivity contribution < 1.29 is 23.9 Å². The molecule has 0 aliphatic rings. The van der Waals surface area contributed by atoms with Crippen molar-refractivity contribution in [3.05, 3.63) is 0 Å². The molecule has 2 atom stereocenters. The zero-order valence-corrected chi connectivity index (χ0v) is 17.5. The van der Waals surface area contributed by atoms with Crippen LogP contribution in [-0.2, 0) is 23.9 Å². The second-order valence-corrected chi connectivity index (χ2v) is 7.97. The topological polar surface area (TPSA) is 98.9 Å². The molecule has 0 unspecified atom stereocenters. The molecule has 0 fully saturated rings. The van der Waals surface area contributed by atoms with E-state index in [4.69, 9.17) is 15.2 Å². The first-order chi connectivity index (χ1) is 11.8. The quantitative estimate of drug-likeness (QED) is 0.492. The molecule has 0 heterocycles. The van der Waals surface area contributed by atoms with Gasteiger partial charge in [-0.3, -0.25) is 4.79 Å². The van der Waals surface area contributed by atoms with Gasteiger partial charge in [-0.2, -0.15) is 0 Å². The van der Waals surface area contributed by atoms with Crippen LogP contribution >= 0.6 is 0 Å². The van der Waals surface area contributed by atoms with E-state index in [1.807, 2.05) is 20.8 Å². The van der Waals surface area contributed by atoms with Crippen LogP contribution in [0.1, 0.15) is 67.7 Å². The van der Waals surface area contributed by atoms with E-state index in [0.29, 0.717) is 12.8 Å². The number of hydrogen-bond donors (Lipinski definition) is 1. The molecule has 0 aromatic heterocycles. The van der Waals surface area contributed by atoms with Crippen molar-refractivity contribution in [3.8, 4) is 0 Å². The van der Waals surface area contributed by atoms with Gasteiger partial charge >= 0.3 is 11.9 Å². The van der Waals surface area contributed by atoms with Crippen molar-refractivity contribution in [1.82, 2.24) is 4.90 Å². The van der Waals surface area contributed by atoms with Crippen LogP contribution in [0.4, 0.5) is 0 Å². The second-order valence-electron chi connectivity index (χ2n) is 7.97. The fraction of sp³-hybridized carbons (Fsp3) is 0.842. The van der Waals surface area contributed by atoms with E-state index in [0.717, 1.165) is 4.90 Å². The summed E-state index contributed by atoms with van der Waals surface area (Å²) in [7, 11) is 1.42. The predicted octanol–water partition coefficient (Wildman–Crippen LogP) is 2.26. The Morgan fingerprint density at radius 1 is 1.08 bits per heavy atom. The number of rotatable bonds is 9. The van der Waals surface area contributed by atoms with Crippen molar-refractivity contribution in [3.63, 3.8) is 0 Å². The van der Waals surface area contributed by atoms with E-state index in [-0.39, 0.29) is 18.9 Å². The lowest BCUT2D eigenvalue weighted by molar-refractivity contribution is -0.185. The van der Waals surface area contributed by atoms with E-state index >= 15 is 0 Å². The summed E-state index contributed by atoms with van der Waals surface area (Å²) in [5, 5.41) is 0. The van der Waals surface area contributed by atoms with Crippen LogP contribution < -0.4 is 5.73 Å². The van der Waals surface area contributed by atoms with Gasteiger partial charge in [-0.05, 0) is 46.5 Å². The van der Waals surface area contributed by atoms with Gasteiger partial charge in [0.2, 0.25) is 11.4 Å². The molecule has 0 bridgehead atoms. The zero-order valence-electron chi connectivity index (χ0n) is 17.5. The third-order valence-electron chi connectivity index (χ3n) is 3.91. The summed E-state index contributed by atoms with van der Waals surface area (Å²) in [5.41, 5.74) is 3.36. The standard InChI is InChI=1S/C19H36N2O5/c1-9-11-19(16(23)25-10-2,17(24)26-18(5,6)7)21(8)15(22)14(20)12-13(3)4/h13-14H,9-12,20H2,1-8H3/t14-,19-/m0/s1. The Morgan fingerprint density at radius 2 is 1.62 bits per heavy atom. The van der Waals surface area contributed by atoms with E-state index < -0.39 is 35.0 Å². The molecule has 7 nitrogen and oxygen atoms in total. The van der Waals surface area contributed by atoms with Crippen molar-refractivity contribution in [2.75, 3.05) is 13.7 Å². The Bertz CT molecular complexity index is 499. The van der Waals surface area contributed by atoms with Crippen LogP contribution in [-0.4, -0.2) is 53.6 Å². The molecule has 0 aromatic carbocycles. The second kappa shape index (κ2) is 9.90. The Labute approximate surface area is 157 Å². The molecule has 0 saturated carbocycles. The molecule has 7 heteroatoms. The Hall–Kier alpha value is -1.63. The minimum absolute atomic E-state index is 0.0904. The third kappa shape index (κ3) is 6.27. The average Bonchev–Trinajstić information content (AvgIpc) is 2.48. The fourth-order valence-corrected chi connectivity index (χ4v) is 2.75. The maximum Gasteiger partial charge on any atom is 0.344 e. The highest BCUT2D eigenvalue weighted by Crippen LogP contribution is 2.28.